The van der Waals surface area contributed by atoms with Gasteiger partial charge >= 0.3 is 0 Å². The third-order valence-corrected chi connectivity index (χ3v) is 7.44. The molecule has 8 heteroatoms. The van der Waals surface area contributed by atoms with Crippen LogP contribution in [0.1, 0.15) is 22.3 Å². The Balaban J connectivity index is 1.16. The van der Waals surface area contributed by atoms with Crippen LogP contribution in [0.15, 0.2) is 85.2 Å². The summed E-state index contributed by atoms with van der Waals surface area (Å²) in [7, 11) is 0. The number of aryl methyl sites for hydroxylation is 1. The van der Waals surface area contributed by atoms with E-state index in [1.54, 1.807) is 16.8 Å². The molecule has 0 fully saturated rings. The lowest BCUT2D eigenvalue weighted by atomic mass is 9.98. The van der Waals surface area contributed by atoms with Crippen molar-refractivity contribution in [2.24, 2.45) is 0 Å². The molecule has 3 aromatic carbocycles. The quantitative estimate of drug-likeness (QED) is 0.290. The molecule has 3 aromatic heterocycles. The number of pyridine rings is 1. The second kappa shape index (κ2) is 9.56. The third-order valence-electron chi connectivity index (χ3n) is 7.44. The summed E-state index contributed by atoms with van der Waals surface area (Å²) in [6, 6.07) is 24.4. The van der Waals surface area contributed by atoms with E-state index in [9.17, 15) is 4.39 Å². The highest BCUT2D eigenvalue weighted by Crippen LogP contribution is 2.31. The number of halogens is 1. The number of rotatable bonds is 5. The Hall–Kier alpha value is -4.69. The Kier molecular flexibility index (Phi) is 5.74. The predicted molar refractivity (Wildman–Crippen MR) is 149 cm³/mol. The van der Waals surface area contributed by atoms with Crippen molar-refractivity contribution < 1.29 is 4.39 Å². The molecule has 0 unspecified atom stereocenters. The number of aromatic amines is 1. The molecule has 4 heterocycles. The second-order valence-corrected chi connectivity index (χ2v) is 10.1. The van der Waals surface area contributed by atoms with Gasteiger partial charge in [0.15, 0.2) is 0 Å². The minimum atomic E-state index is -0.502. The average molecular weight is 516 g/mol. The minimum absolute atomic E-state index is 0.445. The van der Waals surface area contributed by atoms with Crippen molar-refractivity contribution in [1.29, 1.82) is 0 Å². The van der Waals surface area contributed by atoms with Gasteiger partial charge in [0.05, 0.1) is 17.4 Å². The fourth-order valence-corrected chi connectivity index (χ4v) is 5.31. The van der Waals surface area contributed by atoms with Crippen LogP contribution in [-0.4, -0.2) is 41.6 Å². The molecule has 0 saturated carbocycles. The molecule has 1 aliphatic rings. The normalized spacial score (nSPS) is 13.6. The summed E-state index contributed by atoms with van der Waals surface area (Å²) in [5.41, 5.74) is 9.61. The lowest BCUT2D eigenvalue weighted by Crippen LogP contribution is -2.30. The monoisotopic (exact) mass is 515 g/mol. The Labute approximate surface area is 224 Å². The molecule has 0 aliphatic carbocycles. The van der Waals surface area contributed by atoms with Crippen molar-refractivity contribution >= 4 is 10.9 Å². The molecule has 0 atom stereocenters. The largest absolute Gasteiger partial charge is 0.294 e. The van der Waals surface area contributed by atoms with Crippen LogP contribution in [-0.2, 0) is 19.5 Å². The highest BCUT2D eigenvalue weighted by molar-refractivity contribution is 5.94. The molecule has 0 amide bonds. The Morgan fingerprint density at radius 2 is 1.87 bits per heavy atom. The number of H-pyrrole nitrogens is 1. The van der Waals surface area contributed by atoms with Gasteiger partial charge in [0.1, 0.15) is 11.4 Å². The molecule has 192 valence electrons. The maximum Gasteiger partial charge on any atom is 0.220 e. The van der Waals surface area contributed by atoms with Gasteiger partial charge in [0.2, 0.25) is 5.95 Å². The fraction of sp³-hybridized carbons (Fsp3) is 0.161. The summed E-state index contributed by atoms with van der Waals surface area (Å²) in [5.74, 6) is -0.502. The van der Waals surface area contributed by atoms with Gasteiger partial charge in [-0.3, -0.25) is 10.00 Å². The van der Waals surface area contributed by atoms with Gasteiger partial charge in [0, 0.05) is 36.8 Å². The van der Waals surface area contributed by atoms with Crippen LogP contribution < -0.4 is 0 Å². The van der Waals surface area contributed by atoms with E-state index in [1.165, 1.54) is 28.5 Å². The smallest absolute Gasteiger partial charge is 0.220 e. The number of hydrogen-bond donors (Lipinski definition) is 1. The molecule has 0 bridgehead atoms. The standard InChI is InChI=1S/C31H26FN7/c1-20-4-6-21(7-5-20)17-38-14-12-22-8-10-25(15-24(22)18-38)39-19-29(35-37-39)30-27-16-23(9-11-28(27)34-36-30)26-3-2-13-33-31(26)32/h2-11,13,15-16,19H,12,14,17-18H2,1H3,(H,34,36). The first-order valence-electron chi connectivity index (χ1n) is 13.0. The van der Waals surface area contributed by atoms with Gasteiger partial charge in [-0.25, -0.2) is 9.67 Å². The van der Waals surface area contributed by atoms with Crippen LogP contribution >= 0.6 is 0 Å². The molecule has 7 nitrogen and oxygen atoms in total. The lowest BCUT2D eigenvalue weighted by Gasteiger charge is -2.29. The summed E-state index contributed by atoms with van der Waals surface area (Å²) in [6.45, 7) is 5.00. The molecule has 6 aromatic rings. The van der Waals surface area contributed by atoms with Crippen LogP contribution in [0, 0.1) is 12.9 Å². The molecular weight excluding hydrogens is 489 g/mol. The fourth-order valence-electron chi connectivity index (χ4n) is 5.31. The molecule has 1 aliphatic heterocycles. The molecule has 39 heavy (non-hydrogen) atoms. The zero-order valence-electron chi connectivity index (χ0n) is 21.5. The predicted octanol–water partition coefficient (Wildman–Crippen LogP) is 5.88. The highest BCUT2D eigenvalue weighted by atomic mass is 19.1. The molecule has 0 radical (unpaired) electrons. The third kappa shape index (κ3) is 4.49. The van der Waals surface area contributed by atoms with E-state index < -0.39 is 5.95 Å². The summed E-state index contributed by atoms with van der Waals surface area (Å²) < 4.78 is 16.1. The number of aromatic nitrogens is 6. The topological polar surface area (TPSA) is 75.5 Å². The minimum Gasteiger partial charge on any atom is -0.294 e. The second-order valence-electron chi connectivity index (χ2n) is 10.1. The van der Waals surface area contributed by atoms with Gasteiger partial charge in [-0.05, 0) is 72.0 Å². The molecule has 1 N–H and O–H groups in total. The average Bonchev–Trinajstić information content (AvgIpc) is 3.61. The first-order valence-corrected chi connectivity index (χ1v) is 13.0. The number of nitrogens with zero attached hydrogens (tertiary/aromatic N) is 6. The maximum absolute atomic E-state index is 14.3. The van der Waals surface area contributed by atoms with Gasteiger partial charge in [0.25, 0.3) is 0 Å². The Morgan fingerprint density at radius 1 is 0.974 bits per heavy atom. The van der Waals surface area contributed by atoms with Crippen molar-refractivity contribution in [2.45, 2.75) is 26.4 Å². The maximum atomic E-state index is 14.3. The summed E-state index contributed by atoms with van der Waals surface area (Å²) in [4.78, 5) is 6.27. The van der Waals surface area contributed by atoms with Crippen molar-refractivity contribution in [3.8, 4) is 28.2 Å². The Morgan fingerprint density at radius 3 is 2.74 bits per heavy atom. The molecule has 0 spiro atoms. The number of fused-ring (bicyclic) bond motifs is 2. The van der Waals surface area contributed by atoms with E-state index in [0.29, 0.717) is 17.0 Å². The van der Waals surface area contributed by atoms with Crippen LogP contribution in [0.5, 0.6) is 0 Å². The van der Waals surface area contributed by atoms with Crippen molar-refractivity contribution in [3.05, 3.63) is 113 Å². The molecular formula is C31H26FN7. The van der Waals surface area contributed by atoms with Crippen LogP contribution in [0.2, 0.25) is 0 Å². The van der Waals surface area contributed by atoms with Gasteiger partial charge in [-0.15, -0.1) is 5.10 Å². The number of benzene rings is 3. The van der Waals surface area contributed by atoms with Crippen molar-refractivity contribution in [3.63, 3.8) is 0 Å². The first kappa shape index (κ1) is 23.4. The van der Waals surface area contributed by atoms with Gasteiger partial charge in [-0.1, -0.05) is 47.2 Å². The number of nitrogens with one attached hydrogen (secondary N) is 1. The van der Waals surface area contributed by atoms with E-state index in [4.69, 9.17) is 0 Å². The van der Waals surface area contributed by atoms with E-state index >= 15 is 0 Å². The van der Waals surface area contributed by atoms with Crippen LogP contribution in [0.25, 0.3) is 39.1 Å². The Bertz CT molecular complexity index is 1800. The number of hydrogen-bond acceptors (Lipinski definition) is 5. The summed E-state index contributed by atoms with van der Waals surface area (Å²) in [5, 5.41) is 17.2. The zero-order chi connectivity index (χ0) is 26.3. The van der Waals surface area contributed by atoms with E-state index in [-0.39, 0.29) is 0 Å². The zero-order valence-corrected chi connectivity index (χ0v) is 21.5. The van der Waals surface area contributed by atoms with Crippen LogP contribution in [0.3, 0.4) is 0 Å². The van der Waals surface area contributed by atoms with E-state index in [0.717, 1.165) is 48.2 Å². The summed E-state index contributed by atoms with van der Waals surface area (Å²) in [6.07, 6.45) is 4.37. The lowest BCUT2D eigenvalue weighted by molar-refractivity contribution is 0.245. The molecule has 7 rings (SSSR count). The van der Waals surface area contributed by atoms with E-state index in [1.807, 2.05) is 24.4 Å². The van der Waals surface area contributed by atoms with Crippen molar-refractivity contribution in [2.75, 3.05) is 6.54 Å². The van der Waals surface area contributed by atoms with Crippen LogP contribution in [0.4, 0.5) is 4.39 Å². The summed E-state index contributed by atoms with van der Waals surface area (Å²) >= 11 is 0. The SMILES string of the molecule is Cc1ccc(CN2CCc3ccc(-n4cc(-c5n[nH]c6ccc(-c7cccnc7F)cc56)nn4)cc3C2)cc1. The first-order chi connectivity index (χ1) is 19.1. The molecule has 0 saturated heterocycles. The highest BCUT2D eigenvalue weighted by Gasteiger charge is 2.19. The van der Waals surface area contributed by atoms with Gasteiger partial charge in [-0.2, -0.15) is 9.49 Å². The van der Waals surface area contributed by atoms with Crippen molar-refractivity contribution in [1.82, 2.24) is 35.1 Å². The van der Waals surface area contributed by atoms with Gasteiger partial charge < -0.3 is 0 Å². The van der Waals surface area contributed by atoms with E-state index in [2.05, 4.69) is 79.8 Å².